The van der Waals surface area contributed by atoms with E-state index in [0.717, 1.165) is 19.3 Å². The van der Waals surface area contributed by atoms with Gasteiger partial charge < -0.3 is 5.32 Å². The monoisotopic (exact) mass is 415 g/mol. The minimum atomic E-state index is -0.737. The fourth-order valence-corrected chi connectivity index (χ4v) is 6.09. The number of hydrogen-bond acceptors (Lipinski definition) is 3. The quantitative estimate of drug-likeness (QED) is 0.646. The van der Waals surface area contributed by atoms with Crippen LogP contribution in [0.5, 0.6) is 0 Å². The summed E-state index contributed by atoms with van der Waals surface area (Å²) in [6, 6.07) is 4.30. The molecule has 6 nitrogen and oxygen atoms in total. The second kappa shape index (κ2) is 8.00. The molecule has 4 fully saturated rings. The molecule has 4 aliphatic carbocycles. The average Bonchev–Trinajstić information content (AvgIpc) is 2.69. The number of amides is 3. The van der Waals surface area contributed by atoms with E-state index in [9.17, 15) is 18.8 Å². The molecule has 30 heavy (non-hydrogen) atoms. The van der Waals surface area contributed by atoms with E-state index in [2.05, 4.69) is 16.2 Å². The summed E-state index contributed by atoms with van der Waals surface area (Å²) in [5, 5.41) is 2.99. The van der Waals surface area contributed by atoms with Crippen molar-refractivity contribution in [3.8, 4) is 0 Å². The molecule has 0 saturated heterocycles. The van der Waals surface area contributed by atoms with E-state index >= 15 is 0 Å². The predicted molar refractivity (Wildman–Crippen MR) is 109 cm³/mol. The van der Waals surface area contributed by atoms with Gasteiger partial charge in [-0.15, -0.1) is 0 Å². The molecule has 0 spiro atoms. The minimum Gasteiger partial charge on any atom is -0.344 e. The molecule has 4 bridgehead atoms. The first-order chi connectivity index (χ1) is 14.3. The molecule has 7 heteroatoms. The lowest BCUT2D eigenvalue weighted by Gasteiger charge is -2.55. The fourth-order valence-electron chi connectivity index (χ4n) is 6.09. The van der Waals surface area contributed by atoms with Crippen LogP contribution in [0.3, 0.4) is 0 Å². The van der Waals surface area contributed by atoms with Gasteiger partial charge in [0.2, 0.25) is 5.91 Å². The highest BCUT2D eigenvalue weighted by atomic mass is 19.1. The van der Waals surface area contributed by atoms with Crippen molar-refractivity contribution < 1.29 is 18.8 Å². The molecule has 0 aromatic heterocycles. The van der Waals surface area contributed by atoms with Gasteiger partial charge in [-0.05, 0) is 86.5 Å². The number of carbonyl (C=O) groups excluding carboxylic acids is 3. The van der Waals surface area contributed by atoms with Crippen LogP contribution in [-0.2, 0) is 9.59 Å². The molecule has 1 atom stereocenters. The largest absolute Gasteiger partial charge is 0.344 e. The number of halogens is 1. The van der Waals surface area contributed by atoms with Crippen LogP contribution in [0.15, 0.2) is 24.3 Å². The summed E-state index contributed by atoms with van der Waals surface area (Å²) >= 11 is 0. The highest BCUT2D eigenvalue weighted by Gasteiger charge is 2.55. The second-order valence-corrected chi connectivity index (χ2v) is 9.84. The van der Waals surface area contributed by atoms with Crippen LogP contribution in [0, 0.1) is 34.9 Å². The fraction of sp³-hybridized carbons (Fsp3) is 0.609. The summed E-state index contributed by atoms with van der Waals surface area (Å²) in [7, 11) is 0. The van der Waals surface area contributed by atoms with Gasteiger partial charge in [-0.2, -0.15) is 0 Å². The molecule has 0 heterocycles. The highest BCUT2D eigenvalue weighted by Crippen LogP contribution is 2.60. The van der Waals surface area contributed by atoms with Gasteiger partial charge in [-0.1, -0.05) is 13.8 Å². The van der Waals surface area contributed by atoms with Gasteiger partial charge in [0.1, 0.15) is 11.9 Å². The van der Waals surface area contributed by atoms with Gasteiger partial charge >= 0.3 is 0 Å². The normalized spacial score (nSPS) is 30.1. The standard InChI is InChI=1S/C23H30FN3O3/c1-13(2)19(21(29)27-26-20(28)17-3-5-18(24)6-4-17)25-22(30)23-10-14-7-15(11-23)9-16(8-14)12-23/h3-6,13-16,19H,7-12H2,1-2H3,(H,25,30)(H,26,28)(H,27,29)/t14?,15?,16?,19-,23?/m1/s1. The van der Waals surface area contributed by atoms with Gasteiger partial charge in [0, 0.05) is 11.0 Å². The van der Waals surface area contributed by atoms with Crippen LogP contribution in [0.25, 0.3) is 0 Å². The van der Waals surface area contributed by atoms with Gasteiger partial charge in [0.25, 0.3) is 11.8 Å². The summed E-state index contributed by atoms with van der Waals surface area (Å²) in [5.41, 5.74) is 4.66. The predicted octanol–water partition coefficient (Wildman–Crippen LogP) is 2.94. The van der Waals surface area contributed by atoms with Crippen LogP contribution < -0.4 is 16.2 Å². The zero-order chi connectivity index (χ0) is 21.5. The minimum absolute atomic E-state index is 0.0136. The van der Waals surface area contributed by atoms with Crippen LogP contribution in [0.4, 0.5) is 4.39 Å². The molecule has 0 radical (unpaired) electrons. The van der Waals surface area contributed by atoms with Crippen molar-refractivity contribution in [3.63, 3.8) is 0 Å². The van der Waals surface area contributed by atoms with Crippen molar-refractivity contribution in [1.82, 2.24) is 16.2 Å². The maximum absolute atomic E-state index is 13.3. The SMILES string of the molecule is CC(C)[C@@H](NC(=O)C12CC3CC(CC(C3)C1)C2)C(=O)NNC(=O)c1ccc(F)cc1. The molecule has 3 amide bonds. The molecule has 5 rings (SSSR count). The third kappa shape index (κ3) is 4.07. The van der Waals surface area contributed by atoms with Crippen LogP contribution in [0.1, 0.15) is 62.7 Å². The number of nitrogens with one attached hydrogen (secondary N) is 3. The molecular weight excluding hydrogens is 385 g/mol. The summed E-state index contributed by atoms with van der Waals surface area (Å²) in [6.45, 7) is 3.73. The van der Waals surface area contributed by atoms with Crippen LogP contribution in [0.2, 0.25) is 0 Å². The Morgan fingerprint density at radius 3 is 1.97 bits per heavy atom. The summed E-state index contributed by atoms with van der Waals surface area (Å²) in [4.78, 5) is 38.2. The Morgan fingerprint density at radius 1 is 0.933 bits per heavy atom. The van der Waals surface area contributed by atoms with Crippen molar-refractivity contribution in [2.45, 2.75) is 58.4 Å². The van der Waals surface area contributed by atoms with Crippen LogP contribution in [-0.4, -0.2) is 23.8 Å². The van der Waals surface area contributed by atoms with Crippen molar-refractivity contribution in [1.29, 1.82) is 0 Å². The Hall–Kier alpha value is -2.44. The summed E-state index contributed by atoms with van der Waals surface area (Å²) in [6.07, 6.45) is 6.53. The van der Waals surface area contributed by atoms with Gasteiger partial charge in [-0.25, -0.2) is 4.39 Å². The van der Waals surface area contributed by atoms with Gasteiger partial charge in [-0.3, -0.25) is 25.2 Å². The molecule has 1 aromatic carbocycles. The number of benzene rings is 1. The van der Waals surface area contributed by atoms with Crippen molar-refractivity contribution in [3.05, 3.63) is 35.6 Å². The Balaban J connectivity index is 1.37. The Labute approximate surface area is 176 Å². The van der Waals surface area contributed by atoms with Gasteiger partial charge in [0.15, 0.2) is 0 Å². The topological polar surface area (TPSA) is 87.3 Å². The molecule has 4 saturated carbocycles. The van der Waals surface area contributed by atoms with Crippen LogP contribution >= 0.6 is 0 Å². The molecular formula is C23H30FN3O3. The third-order valence-corrected chi connectivity index (χ3v) is 7.16. The maximum atomic E-state index is 13.3. The van der Waals surface area contributed by atoms with E-state index in [1.807, 2.05) is 13.8 Å². The summed E-state index contributed by atoms with van der Waals surface area (Å²) < 4.78 is 13.0. The first-order valence-corrected chi connectivity index (χ1v) is 10.9. The van der Waals surface area contributed by atoms with Crippen molar-refractivity contribution >= 4 is 17.7 Å². The number of carbonyl (C=O) groups is 3. The summed E-state index contributed by atoms with van der Waals surface area (Å²) in [5.74, 6) is 0.334. The Kier molecular flexibility index (Phi) is 5.55. The molecule has 3 N–H and O–H groups in total. The van der Waals surface area contributed by atoms with E-state index in [-0.39, 0.29) is 22.8 Å². The highest BCUT2D eigenvalue weighted by molar-refractivity contribution is 5.96. The number of rotatable bonds is 5. The molecule has 0 aliphatic heterocycles. The lowest BCUT2D eigenvalue weighted by atomic mass is 9.49. The molecule has 1 aromatic rings. The number of hydrogen-bond donors (Lipinski definition) is 3. The Morgan fingerprint density at radius 2 is 1.47 bits per heavy atom. The molecule has 0 unspecified atom stereocenters. The lowest BCUT2D eigenvalue weighted by molar-refractivity contribution is -0.149. The van der Waals surface area contributed by atoms with Crippen molar-refractivity contribution in [2.75, 3.05) is 0 Å². The van der Waals surface area contributed by atoms with E-state index in [1.165, 1.54) is 43.5 Å². The average molecular weight is 416 g/mol. The van der Waals surface area contributed by atoms with E-state index < -0.39 is 23.7 Å². The van der Waals surface area contributed by atoms with Crippen molar-refractivity contribution in [2.24, 2.45) is 29.1 Å². The maximum Gasteiger partial charge on any atom is 0.269 e. The van der Waals surface area contributed by atoms with E-state index in [0.29, 0.717) is 17.8 Å². The first kappa shape index (κ1) is 20.8. The van der Waals surface area contributed by atoms with Gasteiger partial charge in [0.05, 0.1) is 0 Å². The zero-order valence-corrected chi connectivity index (χ0v) is 17.5. The Bertz CT molecular complexity index is 801. The molecule has 4 aliphatic rings. The van der Waals surface area contributed by atoms with E-state index in [1.54, 1.807) is 0 Å². The smallest absolute Gasteiger partial charge is 0.269 e. The molecule has 162 valence electrons. The second-order valence-electron chi connectivity index (χ2n) is 9.84. The lowest BCUT2D eigenvalue weighted by Crippen LogP contribution is -2.59. The number of hydrazine groups is 1. The van der Waals surface area contributed by atoms with E-state index in [4.69, 9.17) is 0 Å². The third-order valence-electron chi connectivity index (χ3n) is 7.16. The first-order valence-electron chi connectivity index (χ1n) is 10.9. The zero-order valence-electron chi connectivity index (χ0n) is 17.5.